The lowest BCUT2D eigenvalue weighted by Gasteiger charge is -2.31. The Labute approximate surface area is 140 Å². The van der Waals surface area contributed by atoms with E-state index in [0.717, 1.165) is 12.8 Å². The summed E-state index contributed by atoms with van der Waals surface area (Å²) in [6.45, 7) is 1.96. The van der Waals surface area contributed by atoms with Crippen molar-refractivity contribution < 1.29 is 9.21 Å². The lowest BCUT2D eigenvalue weighted by Crippen LogP contribution is -2.41. The highest BCUT2D eigenvalue weighted by Crippen LogP contribution is 2.19. The molecule has 3 heterocycles. The van der Waals surface area contributed by atoms with Crippen LogP contribution in [0.4, 0.5) is 0 Å². The van der Waals surface area contributed by atoms with Crippen LogP contribution in [0.25, 0.3) is 11.5 Å². The Bertz CT molecular complexity index is 704. The van der Waals surface area contributed by atoms with Gasteiger partial charge in [0, 0.05) is 13.1 Å². The van der Waals surface area contributed by atoms with E-state index >= 15 is 0 Å². The number of carbonyl (C=O) groups excluding carboxylic acids is 1. The Kier molecular flexibility index (Phi) is 5.63. The monoisotopic (exact) mass is 337 g/mol. The van der Waals surface area contributed by atoms with Crippen LogP contribution in [0, 0.1) is 5.92 Å². The summed E-state index contributed by atoms with van der Waals surface area (Å²) in [4.78, 5) is 29.1. The molecule has 0 aliphatic carbocycles. The number of H-pyrrole nitrogens is 1. The number of nitrogens with one attached hydrogen (secondary N) is 1. The summed E-state index contributed by atoms with van der Waals surface area (Å²) < 4.78 is 5.24. The van der Waals surface area contributed by atoms with Gasteiger partial charge < -0.3 is 20.0 Å². The highest BCUT2D eigenvalue weighted by Gasteiger charge is 2.24. The van der Waals surface area contributed by atoms with Crippen molar-refractivity contribution in [3.05, 3.63) is 46.4 Å². The molecule has 3 N–H and O–H groups in total. The second-order valence-corrected chi connectivity index (χ2v) is 5.56. The molecule has 1 fully saturated rings. The number of pyridine rings is 1. The molecule has 2 aromatic rings. The van der Waals surface area contributed by atoms with Crippen LogP contribution in [-0.2, 0) is 0 Å². The topological polar surface area (TPSA) is 92.3 Å². The maximum Gasteiger partial charge on any atom is 0.261 e. The molecule has 124 valence electrons. The molecule has 0 atom stereocenters. The van der Waals surface area contributed by atoms with Gasteiger partial charge in [0.25, 0.3) is 11.5 Å². The Morgan fingerprint density at radius 1 is 1.30 bits per heavy atom. The summed E-state index contributed by atoms with van der Waals surface area (Å²) in [7, 11) is 0. The minimum Gasteiger partial charge on any atom is -0.463 e. The van der Waals surface area contributed by atoms with Gasteiger partial charge in [0.2, 0.25) is 0 Å². The molecule has 0 unspecified atom stereocenters. The van der Waals surface area contributed by atoms with Gasteiger partial charge in [-0.3, -0.25) is 9.59 Å². The summed E-state index contributed by atoms with van der Waals surface area (Å²) in [5.41, 5.74) is 6.00. The average molecular weight is 338 g/mol. The third-order valence-electron chi connectivity index (χ3n) is 4.16. The van der Waals surface area contributed by atoms with E-state index in [-0.39, 0.29) is 29.4 Å². The summed E-state index contributed by atoms with van der Waals surface area (Å²) in [5, 5.41) is 0. The third kappa shape index (κ3) is 3.65. The van der Waals surface area contributed by atoms with E-state index in [1.54, 1.807) is 29.2 Å². The van der Waals surface area contributed by atoms with E-state index in [9.17, 15) is 9.59 Å². The molecule has 7 heteroatoms. The van der Waals surface area contributed by atoms with Gasteiger partial charge in [-0.15, -0.1) is 12.4 Å². The van der Waals surface area contributed by atoms with Gasteiger partial charge in [-0.05, 0) is 49.6 Å². The second-order valence-electron chi connectivity index (χ2n) is 5.56. The molecule has 0 radical (unpaired) electrons. The molecule has 3 rings (SSSR count). The van der Waals surface area contributed by atoms with Crippen LogP contribution in [0.5, 0.6) is 0 Å². The number of nitrogens with zero attached hydrogens (tertiary/aromatic N) is 1. The van der Waals surface area contributed by atoms with E-state index in [2.05, 4.69) is 4.98 Å². The normalized spacial score (nSPS) is 15.3. The quantitative estimate of drug-likeness (QED) is 0.894. The number of amides is 1. The first-order valence-corrected chi connectivity index (χ1v) is 7.45. The van der Waals surface area contributed by atoms with Crippen molar-refractivity contribution in [3.8, 4) is 11.5 Å². The van der Waals surface area contributed by atoms with Gasteiger partial charge in [0.05, 0.1) is 12.0 Å². The number of rotatable bonds is 3. The molecule has 0 spiro atoms. The van der Waals surface area contributed by atoms with Crippen molar-refractivity contribution in [1.82, 2.24) is 9.88 Å². The van der Waals surface area contributed by atoms with Gasteiger partial charge in [-0.1, -0.05) is 0 Å². The number of aromatic nitrogens is 1. The van der Waals surface area contributed by atoms with Crippen LogP contribution in [-0.4, -0.2) is 35.4 Å². The largest absolute Gasteiger partial charge is 0.463 e. The Morgan fingerprint density at radius 2 is 2.04 bits per heavy atom. The van der Waals surface area contributed by atoms with Gasteiger partial charge in [-0.25, -0.2) is 0 Å². The fourth-order valence-corrected chi connectivity index (χ4v) is 2.76. The van der Waals surface area contributed by atoms with Gasteiger partial charge >= 0.3 is 0 Å². The molecule has 1 aliphatic rings. The predicted molar refractivity (Wildman–Crippen MR) is 89.7 cm³/mol. The zero-order chi connectivity index (χ0) is 15.5. The van der Waals surface area contributed by atoms with Crippen molar-refractivity contribution in [2.24, 2.45) is 11.7 Å². The molecule has 0 saturated carbocycles. The molecule has 1 amide bonds. The number of nitrogens with two attached hydrogens (primary N) is 1. The van der Waals surface area contributed by atoms with E-state index in [4.69, 9.17) is 10.2 Å². The molecule has 23 heavy (non-hydrogen) atoms. The maximum atomic E-state index is 12.5. The van der Waals surface area contributed by atoms with Crippen molar-refractivity contribution in [2.75, 3.05) is 19.6 Å². The van der Waals surface area contributed by atoms with E-state index in [0.29, 0.717) is 37.0 Å². The fourth-order valence-electron chi connectivity index (χ4n) is 2.76. The predicted octanol–water partition coefficient (Wildman–Crippen LogP) is 1.87. The molecule has 2 aromatic heterocycles. The number of hydrogen-bond donors (Lipinski definition) is 2. The molecular weight excluding hydrogens is 318 g/mol. The van der Waals surface area contributed by atoms with Gasteiger partial charge in [0.1, 0.15) is 11.3 Å². The van der Waals surface area contributed by atoms with Gasteiger partial charge in [-0.2, -0.15) is 0 Å². The van der Waals surface area contributed by atoms with Crippen LogP contribution in [0.2, 0.25) is 0 Å². The molecular formula is C16H20ClN3O3. The lowest BCUT2D eigenvalue weighted by molar-refractivity contribution is 0.0691. The van der Waals surface area contributed by atoms with Crippen molar-refractivity contribution in [3.63, 3.8) is 0 Å². The Balaban J connectivity index is 0.00000192. The van der Waals surface area contributed by atoms with Crippen LogP contribution < -0.4 is 11.3 Å². The lowest BCUT2D eigenvalue weighted by atomic mass is 9.97. The van der Waals surface area contributed by atoms with Crippen molar-refractivity contribution >= 4 is 18.3 Å². The zero-order valence-electron chi connectivity index (χ0n) is 12.7. The average Bonchev–Trinajstić information content (AvgIpc) is 3.09. The standard InChI is InChI=1S/C16H19N3O3.ClH/c17-10-11-5-7-19(8-6-11)16(21)12-3-4-13(18-15(12)20)14-2-1-9-22-14;/h1-4,9,11H,5-8,10,17H2,(H,18,20);1H. The first-order chi connectivity index (χ1) is 10.7. The fraction of sp³-hybridized carbons (Fsp3) is 0.375. The highest BCUT2D eigenvalue weighted by molar-refractivity contribution is 5.94. The molecule has 6 nitrogen and oxygen atoms in total. The molecule has 0 aromatic carbocycles. The number of halogens is 1. The highest BCUT2D eigenvalue weighted by atomic mass is 35.5. The molecule has 1 saturated heterocycles. The number of hydrogen-bond acceptors (Lipinski definition) is 4. The summed E-state index contributed by atoms with van der Waals surface area (Å²) >= 11 is 0. The third-order valence-corrected chi connectivity index (χ3v) is 4.16. The first kappa shape index (κ1) is 17.3. The minimum atomic E-state index is -0.389. The number of furan rings is 1. The van der Waals surface area contributed by atoms with Crippen LogP contribution in [0.3, 0.4) is 0 Å². The zero-order valence-corrected chi connectivity index (χ0v) is 13.5. The number of likely N-dealkylation sites (tertiary alicyclic amines) is 1. The number of aromatic amines is 1. The van der Waals surface area contributed by atoms with E-state index in [1.807, 2.05) is 0 Å². The summed E-state index contributed by atoms with van der Waals surface area (Å²) in [6.07, 6.45) is 3.32. The smallest absolute Gasteiger partial charge is 0.261 e. The summed E-state index contributed by atoms with van der Waals surface area (Å²) in [6, 6.07) is 6.76. The van der Waals surface area contributed by atoms with Crippen LogP contribution in [0.15, 0.2) is 39.7 Å². The van der Waals surface area contributed by atoms with E-state index in [1.165, 1.54) is 6.26 Å². The molecule has 1 aliphatic heterocycles. The van der Waals surface area contributed by atoms with Crippen molar-refractivity contribution in [2.45, 2.75) is 12.8 Å². The summed E-state index contributed by atoms with van der Waals surface area (Å²) in [5.74, 6) is 0.825. The molecule has 0 bridgehead atoms. The van der Waals surface area contributed by atoms with E-state index < -0.39 is 0 Å². The van der Waals surface area contributed by atoms with Crippen LogP contribution >= 0.6 is 12.4 Å². The van der Waals surface area contributed by atoms with Crippen LogP contribution in [0.1, 0.15) is 23.2 Å². The Hall–Kier alpha value is -2.05. The number of carbonyl (C=O) groups is 1. The first-order valence-electron chi connectivity index (χ1n) is 7.45. The minimum absolute atomic E-state index is 0. The maximum absolute atomic E-state index is 12.5. The number of piperidine rings is 1. The second kappa shape index (κ2) is 7.48. The SMILES string of the molecule is Cl.NCC1CCN(C(=O)c2ccc(-c3ccco3)[nH]c2=O)CC1. The van der Waals surface area contributed by atoms with Crippen molar-refractivity contribution in [1.29, 1.82) is 0 Å². The Morgan fingerprint density at radius 3 is 2.61 bits per heavy atom. The van der Waals surface area contributed by atoms with Gasteiger partial charge in [0.15, 0.2) is 0 Å².